The van der Waals surface area contributed by atoms with Crippen molar-refractivity contribution < 1.29 is 13.2 Å². The summed E-state index contributed by atoms with van der Waals surface area (Å²) in [5.41, 5.74) is 0.378. The highest BCUT2D eigenvalue weighted by Crippen LogP contribution is 2.26. The van der Waals surface area contributed by atoms with E-state index in [0.29, 0.717) is 22.2 Å². The van der Waals surface area contributed by atoms with E-state index in [2.05, 4.69) is 5.32 Å². The molecule has 0 fully saturated rings. The van der Waals surface area contributed by atoms with Crippen molar-refractivity contribution in [2.45, 2.75) is 26.2 Å². The van der Waals surface area contributed by atoms with Gasteiger partial charge in [-0.25, -0.2) is 8.42 Å². The van der Waals surface area contributed by atoms with Gasteiger partial charge in [-0.2, -0.15) is 0 Å². The van der Waals surface area contributed by atoms with Gasteiger partial charge in [0, 0.05) is 23.0 Å². The van der Waals surface area contributed by atoms with E-state index in [1.807, 2.05) is 6.92 Å². The summed E-state index contributed by atoms with van der Waals surface area (Å²) in [4.78, 5) is 11.6. The number of anilines is 1. The third kappa shape index (κ3) is 6.42. The maximum atomic E-state index is 11.9. The molecule has 124 valence electrons. The molecule has 22 heavy (non-hydrogen) atoms. The van der Waals surface area contributed by atoms with Crippen LogP contribution >= 0.6 is 23.2 Å². The van der Waals surface area contributed by atoms with Gasteiger partial charge in [-0.05, 0) is 24.6 Å². The fourth-order valence-corrected chi connectivity index (χ4v) is 3.32. The van der Waals surface area contributed by atoms with Gasteiger partial charge in [0.2, 0.25) is 15.9 Å². The van der Waals surface area contributed by atoms with Crippen molar-refractivity contribution in [3.8, 4) is 0 Å². The lowest BCUT2D eigenvalue weighted by Gasteiger charge is -2.23. The summed E-state index contributed by atoms with van der Waals surface area (Å²) in [7, 11) is -3.50. The summed E-state index contributed by atoms with van der Waals surface area (Å²) < 4.78 is 25.0. The Labute approximate surface area is 141 Å². The molecule has 0 saturated carbocycles. The third-order valence-electron chi connectivity index (χ3n) is 2.93. The predicted molar refractivity (Wildman–Crippen MR) is 91.2 cm³/mol. The van der Waals surface area contributed by atoms with Crippen LogP contribution in [0.5, 0.6) is 0 Å². The second-order valence-electron chi connectivity index (χ2n) is 4.92. The van der Waals surface area contributed by atoms with E-state index in [9.17, 15) is 13.2 Å². The molecule has 0 aliphatic rings. The first-order valence-corrected chi connectivity index (χ1v) is 9.55. The molecular weight excluding hydrogens is 347 g/mol. The predicted octanol–water partition coefficient (Wildman–Crippen LogP) is 3.07. The normalized spacial score (nSPS) is 11.3. The zero-order valence-corrected chi connectivity index (χ0v) is 14.9. The minimum atomic E-state index is -3.50. The van der Waals surface area contributed by atoms with Crippen LogP contribution in [0.3, 0.4) is 0 Å². The van der Waals surface area contributed by atoms with Crippen LogP contribution in [0.15, 0.2) is 18.2 Å². The van der Waals surface area contributed by atoms with Crippen LogP contribution in [0.2, 0.25) is 10.0 Å². The van der Waals surface area contributed by atoms with Crippen molar-refractivity contribution in [1.29, 1.82) is 0 Å². The number of carbonyl (C=O) groups excluding carboxylic acids is 1. The Bertz CT molecular complexity index is 600. The van der Waals surface area contributed by atoms with Crippen molar-refractivity contribution in [2.24, 2.45) is 0 Å². The number of hydrogen-bond acceptors (Lipinski definition) is 3. The molecule has 0 atom stereocenters. The first kappa shape index (κ1) is 19.1. The van der Waals surface area contributed by atoms with Gasteiger partial charge in [0.1, 0.15) is 0 Å². The number of carbonyl (C=O) groups is 1. The maximum Gasteiger partial charge on any atom is 0.232 e. The number of halogens is 2. The first-order chi connectivity index (χ1) is 10.2. The number of unbranched alkanes of at least 4 members (excludes halogenated alkanes) is 1. The van der Waals surface area contributed by atoms with E-state index >= 15 is 0 Å². The van der Waals surface area contributed by atoms with Crippen molar-refractivity contribution in [1.82, 2.24) is 5.32 Å². The van der Waals surface area contributed by atoms with Crippen LogP contribution in [0, 0.1) is 0 Å². The Balaban J connectivity index is 2.77. The molecule has 0 heterocycles. The number of nitrogens with zero attached hydrogens (tertiary/aromatic N) is 1. The lowest BCUT2D eigenvalue weighted by Crippen LogP contribution is -2.38. The molecule has 0 aliphatic carbocycles. The maximum absolute atomic E-state index is 11.9. The lowest BCUT2D eigenvalue weighted by atomic mass is 10.2. The lowest BCUT2D eigenvalue weighted by molar-refractivity contribution is -0.121. The summed E-state index contributed by atoms with van der Waals surface area (Å²) in [6.07, 6.45) is 3.29. The standard InChI is InChI=1S/C14H20Cl2N2O3S/c1-3-4-5-14(19)17-6-7-18(22(2,20)21)13-9-11(15)8-12(16)10-13/h8-10H,3-7H2,1-2H3,(H,17,19). The van der Waals surface area contributed by atoms with Gasteiger partial charge >= 0.3 is 0 Å². The summed E-state index contributed by atoms with van der Waals surface area (Å²) in [5, 5.41) is 3.41. The van der Waals surface area contributed by atoms with Crippen LogP contribution in [0.1, 0.15) is 26.2 Å². The van der Waals surface area contributed by atoms with Crippen molar-refractivity contribution >= 4 is 44.8 Å². The largest absolute Gasteiger partial charge is 0.354 e. The fourth-order valence-electron chi connectivity index (χ4n) is 1.89. The summed E-state index contributed by atoms with van der Waals surface area (Å²) >= 11 is 11.8. The highest BCUT2D eigenvalue weighted by atomic mass is 35.5. The summed E-state index contributed by atoms with van der Waals surface area (Å²) in [5.74, 6) is -0.0839. The number of benzene rings is 1. The van der Waals surface area contributed by atoms with Crippen LogP contribution in [0.4, 0.5) is 5.69 Å². The SMILES string of the molecule is CCCCC(=O)NCCN(c1cc(Cl)cc(Cl)c1)S(C)(=O)=O. The molecule has 5 nitrogen and oxygen atoms in total. The molecule has 0 unspecified atom stereocenters. The first-order valence-electron chi connectivity index (χ1n) is 6.94. The van der Waals surface area contributed by atoms with Gasteiger partial charge in [-0.1, -0.05) is 36.5 Å². The topological polar surface area (TPSA) is 66.5 Å². The molecule has 0 aromatic heterocycles. The van der Waals surface area contributed by atoms with Crippen LogP contribution in [-0.2, 0) is 14.8 Å². The Morgan fingerprint density at radius 1 is 1.23 bits per heavy atom. The second-order valence-corrected chi connectivity index (χ2v) is 7.70. The molecule has 0 saturated heterocycles. The molecule has 0 bridgehead atoms. The highest BCUT2D eigenvalue weighted by molar-refractivity contribution is 7.92. The van der Waals surface area contributed by atoms with Gasteiger partial charge in [-0.3, -0.25) is 9.10 Å². The zero-order chi connectivity index (χ0) is 16.8. The third-order valence-corrected chi connectivity index (χ3v) is 4.56. The van der Waals surface area contributed by atoms with E-state index in [0.717, 1.165) is 19.1 Å². The van der Waals surface area contributed by atoms with Gasteiger partial charge in [0.25, 0.3) is 0 Å². The highest BCUT2D eigenvalue weighted by Gasteiger charge is 2.18. The van der Waals surface area contributed by atoms with Crippen LogP contribution in [0.25, 0.3) is 0 Å². The molecule has 1 aromatic carbocycles. The van der Waals surface area contributed by atoms with Crippen molar-refractivity contribution in [3.05, 3.63) is 28.2 Å². The molecule has 1 rings (SSSR count). The van der Waals surface area contributed by atoms with E-state index < -0.39 is 10.0 Å². The molecule has 1 aromatic rings. The number of nitrogens with one attached hydrogen (secondary N) is 1. The average Bonchev–Trinajstić information content (AvgIpc) is 2.38. The molecule has 0 spiro atoms. The summed E-state index contributed by atoms with van der Waals surface area (Å²) in [6, 6.07) is 4.57. The summed E-state index contributed by atoms with van der Waals surface area (Å²) in [6.45, 7) is 2.34. The molecular formula is C14H20Cl2N2O3S. The molecule has 0 radical (unpaired) electrons. The van der Waals surface area contributed by atoms with Crippen LogP contribution < -0.4 is 9.62 Å². The second kappa shape index (κ2) is 8.60. The monoisotopic (exact) mass is 366 g/mol. The van der Waals surface area contributed by atoms with Gasteiger partial charge in [0.05, 0.1) is 18.5 Å². The smallest absolute Gasteiger partial charge is 0.232 e. The molecule has 1 N–H and O–H groups in total. The minimum absolute atomic E-state index is 0.0839. The van der Waals surface area contributed by atoms with E-state index in [1.165, 1.54) is 22.5 Å². The zero-order valence-electron chi connectivity index (χ0n) is 12.6. The number of sulfonamides is 1. The van der Waals surface area contributed by atoms with Crippen molar-refractivity contribution in [3.63, 3.8) is 0 Å². The van der Waals surface area contributed by atoms with E-state index in [-0.39, 0.29) is 19.0 Å². The minimum Gasteiger partial charge on any atom is -0.354 e. The van der Waals surface area contributed by atoms with Crippen molar-refractivity contribution in [2.75, 3.05) is 23.7 Å². The van der Waals surface area contributed by atoms with E-state index in [1.54, 1.807) is 0 Å². The Morgan fingerprint density at radius 2 is 1.82 bits per heavy atom. The Kier molecular flexibility index (Phi) is 7.45. The number of rotatable bonds is 8. The quantitative estimate of drug-likeness (QED) is 0.768. The Morgan fingerprint density at radius 3 is 2.32 bits per heavy atom. The Hall–Kier alpha value is -0.980. The van der Waals surface area contributed by atoms with Gasteiger partial charge in [-0.15, -0.1) is 0 Å². The number of amides is 1. The van der Waals surface area contributed by atoms with E-state index in [4.69, 9.17) is 23.2 Å². The molecule has 0 aliphatic heterocycles. The average molecular weight is 367 g/mol. The fraction of sp³-hybridized carbons (Fsp3) is 0.500. The number of hydrogen-bond donors (Lipinski definition) is 1. The molecule has 8 heteroatoms. The molecule has 1 amide bonds. The van der Waals surface area contributed by atoms with Gasteiger partial charge < -0.3 is 5.32 Å². The van der Waals surface area contributed by atoms with Crippen LogP contribution in [-0.4, -0.2) is 33.7 Å². The van der Waals surface area contributed by atoms with Gasteiger partial charge in [0.15, 0.2) is 0 Å².